The predicted octanol–water partition coefficient (Wildman–Crippen LogP) is 2.52. The van der Waals surface area contributed by atoms with Crippen LogP contribution in [0.3, 0.4) is 0 Å². The highest BCUT2D eigenvalue weighted by Gasteiger charge is 2.34. The van der Waals surface area contributed by atoms with E-state index in [-0.39, 0.29) is 16.8 Å². The first-order valence-electron chi connectivity index (χ1n) is 6.26. The summed E-state index contributed by atoms with van der Waals surface area (Å²) in [6, 6.07) is 4.98. The molecule has 0 radical (unpaired) electrons. The van der Waals surface area contributed by atoms with Gasteiger partial charge in [-0.05, 0) is 19.1 Å². The summed E-state index contributed by atoms with van der Waals surface area (Å²) < 4.78 is 38.8. The molecule has 1 amide bonds. The Kier molecular flexibility index (Phi) is 4.74. The van der Waals surface area contributed by atoms with Crippen LogP contribution in [-0.2, 0) is 11.0 Å². The van der Waals surface area contributed by atoms with Crippen molar-refractivity contribution < 1.29 is 18.0 Å². The minimum absolute atomic E-state index is 0.135. The number of amidine groups is 1. The standard InChI is InChI=1S/C13H13F3N4OS/c1-7-10(11(21)17-2)22-12(20-19-7)18-9-6-4-3-5-8(9)13(14,15)16/h3-6,10H,1-2H3,(H,17,21)(H,18,20)/t10-/m1/s1. The molecule has 118 valence electrons. The molecule has 0 aromatic heterocycles. The third-order valence-electron chi connectivity index (χ3n) is 2.85. The molecule has 22 heavy (non-hydrogen) atoms. The van der Waals surface area contributed by atoms with Crippen molar-refractivity contribution >= 4 is 34.2 Å². The molecule has 5 nitrogen and oxygen atoms in total. The van der Waals surface area contributed by atoms with Crippen molar-refractivity contribution in [2.45, 2.75) is 18.3 Å². The smallest absolute Gasteiger partial charge is 0.358 e. The van der Waals surface area contributed by atoms with Gasteiger partial charge in [0, 0.05) is 7.05 Å². The highest BCUT2D eigenvalue weighted by molar-refractivity contribution is 8.15. The summed E-state index contributed by atoms with van der Waals surface area (Å²) in [5, 5.41) is 5.92. The van der Waals surface area contributed by atoms with Crippen LogP contribution >= 0.6 is 11.8 Å². The van der Waals surface area contributed by atoms with E-state index < -0.39 is 17.0 Å². The summed E-state index contributed by atoms with van der Waals surface area (Å²) in [6.07, 6.45) is -4.50. The first-order valence-corrected chi connectivity index (χ1v) is 7.14. The third-order valence-corrected chi connectivity index (χ3v) is 4.05. The Morgan fingerprint density at radius 3 is 2.73 bits per heavy atom. The summed E-state index contributed by atoms with van der Waals surface area (Å²) >= 11 is 1.02. The molecule has 1 aromatic carbocycles. The molecule has 0 bridgehead atoms. The summed E-state index contributed by atoms with van der Waals surface area (Å²) in [4.78, 5) is 15.7. The zero-order valence-electron chi connectivity index (χ0n) is 11.7. The number of thioether (sulfide) groups is 1. The van der Waals surface area contributed by atoms with Crippen LogP contribution in [0.25, 0.3) is 0 Å². The van der Waals surface area contributed by atoms with Gasteiger partial charge >= 0.3 is 6.18 Å². The van der Waals surface area contributed by atoms with Gasteiger partial charge in [0.05, 0.1) is 17.0 Å². The van der Waals surface area contributed by atoms with Crippen molar-refractivity contribution in [3.63, 3.8) is 0 Å². The first-order chi connectivity index (χ1) is 10.3. The van der Waals surface area contributed by atoms with E-state index in [4.69, 9.17) is 0 Å². The molecular formula is C13H13F3N4OS. The van der Waals surface area contributed by atoms with Crippen molar-refractivity contribution in [2.24, 2.45) is 10.1 Å². The van der Waals surface area contributed by atoms with E-state index in [2.05, 4.69) is 20.8 Å². The first kappa shape index (κ1) is 16.3. The number of rotatable bonds is 2. The molecule has 1 heterocycles. The van der Waals surface area contributed by atoms with Gasteiger partial charge in [0.15, 0.2) is 5.17 Å². The van der Waals surface area contributed by atoms with Crippen molar-refractivity contribution in [2.75, 3.05) is 7.05 Å². The van der Waals surface area contributed by atoms with Crippen LogP contribution in [-0.4, -0.2) is 29.1 Å². The number of hydrazone groups is 1. The number of nitrogens with zero attached hydrogens (tertiary/aromatic N) is 2. The van der Waals surface area contributed by atoms with Gasteiger partial charge in [0.2, 0.25) is 5.91 Å². The van der Waals surface area contributed by atoms with Gasteiger partial charge in [-0.3, -0.25) is 10.2 Å². The lowest BCUT2D eigenvalue weighted by molar-refractivity contribution is -0.137. The number of nitrogens with one attached hydrogen (secondary N) is 2. The van der Waals surface area contributed by atoms with Crippen LogP contribution in [0.1, 0.15) is 12.5 Å². The van der Waals surface area contributed by atoms with Crippen LogP contribution < -0.4 is 10.7 Å². The van der Waals surface area contributed by atoms with E-state index in [1.165, 1.54) is 25.2 Å². The van der Waals surface area contributed by atoms with Crippen molar-refractivity contribution in [3.05, 3.63) is 29.8 Å². The Hall–Kier alpha value is -2.03. The fourth-order valence-corrected chi connectivity index (χ4v) is 2.68. The summed E-state index contributed by atoms with van der Waals surface area (Å²) in [5.41, 5.74) is 2.01. The molecule has 0 saturated heterocycles. The molecule has 0 spiro atoms. The van der Waals surface area contributed by atoms with Gasteiger partial charge in [-0.1, -0.05) is 23.9 Å². The van der Waals surface area contributed by atoms with Crippen molar-refractivity contribution in [1.29, 1.82) is 0 Å². The molecule has 0 fully saturated rings. The molecule has 1 aromatic rings. The molecule has 1 aliphatic heterocycles. The van der Waals surface area contributed by atoms with Gasteiger partial charge in [0.1, 0.15) is 5.25 Å². The van der Waals surface area contributed by atoms with E-state index in [9.17, 15) is 18.0 Å². The largest absolute Gasteiger partial charge is 0.418 e. The van der Waals surface area contributed by atoms with Gasteiger partial charge in [0.25, 0.3) is 0 Å². The topological polar surface area (TPSA) is 65.8 Å². The molecule has 1 atom stereocenters. The highest BCUT2D eigenvalue weighted by atomic mass is 32.2. The number of para-hydroxylation sites is 1. The van der Waals surface area contributed by atoms with Crippen LogP contribution in [0.5, 0.6) is 0 Å². The SMILES string of the molecule is CNC(=O)[C@@H]1SC(=Nc2ccccc2C(F)(F)F)NN=C1C. The lowest BCUT2D eigenvalue weighted by Gasteiger charge is -2.21. The Balaban J connectivity index is 2.34. The van der Waals surface area contributed by atoms with Gasteiger partial charge in [-0.2, -0.15) is 18.3 Å². The van der Waals surface area contributed by atoms with Crippen molar-refractivity contribution in [3.8, 4) is 0 Å². The Morgan fingerprint density at radius 2 is 2.09 bits per heavy atom. The third kappa shape index (κ3) is 3.59. The second-order valence-electron chi connectivity index (χ2n) is 4.41. The highest BCUT2D eigenvalue weighted by Crippen LogP contribution is 2.36. The fraction of sp³-hybridized carbons (Fsp3) is 0.308. The van der Waals surface area contributed by atoms with Crippen molar-refractivity contribution in [1.82, 2.24) is 10.7 Å². The summed E-state index contributed by atoms with van der Waals surface area (Å²) in [7, 11) is 1.48. The van der Waals surface area contributed by atoms with Gasteiger partial charge < -0.3 is 5.32 Å². The second-order valence-corrected chi connectivity index (χ2v) is 5.50. The number of carbonyl (C=O) groups is 1. The maximum atomic E-state index is 12.9. The quantitative estimate of drug-likeness (QED) is 0.876. The van der Waals surface area contributed by atoms with Crippen LogP contribution in [0.2, 0.25) is 0 Å². The molecule has 9 heteroatoms. The Labute approximate surface area is 129 Å². The van der Waals surface area contributed by atoms with E-state index in [1.807, 2.05) is 0 Å². The lowest BCUT2D eigenvalue weighted by Crippen LogP contribution is -2.40. The Bertz CT molecular complexity index is 642. The van der Waals surface area contributed by atoms with E-state index in [0.717, 1.165) is 17.8 Å². The maximum Gasteiger partial charge on any atom is 0.418 e. The molecule has 0 unspecified atom stereocenters. The number of halogens is 3. The van der Waals surface area contributed by atoms with E-state index >= 15 is 0 Å². The number of alkyl halides is 3. The predicted molar refractivity (Wildman–Crippen MR) is 80.2 cm³/mol. The maximum absolute atomic E-state index is 12.9. The molecular weight excluding hydrogens is 317 g/mol. The second kappa shape index (κ2) is 6.39. The van der Waals surface area contributed by atoms with E-state index in [0.29, 0.717) is 5.71 Å². The van der Waals surface area contributed by atoms with Crippen LogP contribution in [0.15, 0.2) is 34.4 Å². The monoisotopic (exact) mass is 330 g/mol. The average molecular weight is 330 g/mol. The van der Waals surface area contributed by atoms with Gasteiger partial charge in [-0.15, -0.1) is 0 Å². The minimum atomic E-state index is -4.50. The normalized spacial score (nSPS) is 20.3. The van der Waals surface area contributed by atoms with E-state index in [1.54, 1.807) is 6.92 Å². The molecule has 0 aliphatic carbocycles. The molecule has 2 N–H and O–H groups in total. The number of carbonyl (C=O) groups excluding carboxylic acids is 1. The number of aliphatic imine (C=N–C) groups is 1. The Morgan fingerprint density at radius 1 is 1.41 bits per heavy atom. The zero-order valence-corrected chi connectivity index (χ0v) is 12.5. The van der Waals surface area contributed by atoms with Crippen LogP contribution in [0, 0.1) is 0 Å². The zero-order chi connectivity index (χ0) is 16.3. The lowest BCUT2D eigenvalue weighted by atomic mass is 10.2. The molecule has 2 rings (SSSR count). The average Bonchev–Trinajstić information content (AvgIpc) is 2.48. The van der Waals surface area contributed by atoms with Gasteiger partial charge in [-0.25, -0.2) is 4.99 Å². The fourth-order valence-electron chi connectivity index (χ4n) is 1.76. The number of amides is 1. The number of benzene rings is 1. The number of hydrogen-bond acceptors (Lipinski definition) is 4. The minimum Gasteiger partial charge on any atom is -0.358 e. The summed E-state index contributed by atoms with van der Waals surface area (Å²) in [6.45, 7) is 1.65. The summed E-state index contributed by atoms with van der Waals surface area (Å²) in [5.74, 6) is -0.287. The number of hydrogen-bond donors (Lipinski definition) is 2. The molecule has 1 aliphatic rings. The molecule has 0 saturated carbocycles. The van der Waals surface area contributed by atoms with Crippen LogP contribution in [0.4, 0.5) is 18.9 Å².